The largest absolute Gasteiger partial charge is 0.573 e. The number of anilines is 1. The van der Waals surface area contributed by atoms with Gasteiger partial charge in [-0.3, -0.25) is 4.79 Å². The third-order valence-corrected chi connectivity index (χ3v) is 4.68. The van der Waals surface area contributed by atoms with E-state index in [2.05, 4.69) is 30.0 Å². The summed E-state index contributed by atoms with van der Waals surface area (Å²) in [6.07, 6.45) is -1.53. The van der Waals surface area contributed by atoms with E-state index in [9.17, 15) is 22.4 Å². The Bertz CT molecular complexity index is 1400. The molecule has 0 fully saturated rings. The Morgan fingerprint density at radius 2 is 1.86 bits per heavy atom. The predicted molar refractivity (Wildman–Crippen MR) is 120 cm³/mol. The maximum Gasteiger partial charge on any atom is 0.573 e. The zero-order valence-electron chi connectivity index (χ0n) is 18.6. The van der Waals surface area contributed by atoms with Gasteiger partial charge >= 0.3 is 6.36 Å². The molecule has 2 aromatic heterocycles. The van der Waals surface area contributed by atoms with Gasteiger partial charge in [0.05, 0.1) is 5.56 Å². The van der Waals surface area contributed by atoms with Crippen LogP contribution in [0.4, 0.5) is 23.2 Å². The highest BCUT2D eigenvalue weighted by Gasteiger charge is 2.31. The fraction of sp³-hybridized carbons (Fsp3) is 0.125. The first kappa shape index (κ1) is 24.5. The van der Waals surface area contributed by atoms with Crippen LogP contribution in [0.25, 0.3) is 11.4 Å². The molecular formula is C24H17F4N5O3. The summed E-state index contributed by atoms with van der Waals surface area (Å²) in [4.78, 5) is 29.3. The van der Waals surface area contributed by atoms with Gasteiger partial charge in [0.1, 0.15) is 17.9 Å². The first-order valence-electron chi connectivity index (χ1n) is 10.5. The zero-order chi connectivity index (χ0) is 25.7. The van der Waals surface area contributed by atoms with Gasteiger partial charge in [0, 0.05) is 29.9 Å². The van der Waals surface area contributed by atoms with Crippen molar-refractivity contribution in [3.8, 4) is 28.8 Å². The third-order valence-electron chi connectivity index (χ3n) is 4.68. The Hall–Kier alpha value is -4.61. The van der Waals surface area contributed by atoms with E-state index in [4.69, 9.17) is 4.74 Å². The number of hydrogen-bond donors (Lipinski definition) is 1. The molecule has 4 rings (SSSR count). The van der Waals surface area contributed by atoms with Gasteiger partial charge in [0.2, 0.25) is 5.88 Å². The van der Waals surface area contributed by atoms with Crippen molar-refractivity contribution in [2.45, 2.75) is 19.7 Å². The second kappa shape index (κ2) is 10.3. The average Bonchev–Trinajstić information content (AvgIpc) is 2.85. The normalized spacial score (nSPS) is 11.1. The summed E-state index contributed by atoms with van der Waals surface area (Å²) >= 11 is 0. The molecule has 0 aliphatic carbocycles. The number of alkyl halides is 3. The molecule has 0 aliphatic rings. The summed E-state index contributed by atoms with van der Waals surface area (Å²) in [5.74, 6) is -1.47. The number of benzene rings is 2. The van der Waals surface area contributed by atoms with Crippen molar-refractivity contribution >= 4 is 11.6 Å². The van der Waals surface area contributed by atoms with E-state index in [1.54, 1.807) is 12.1 Å². The molecule has 0 unspecified atom stereocenters. The topological polar surface area (TPSA) is 99.1 Å². The van der Waals surface area contributed by atoms with Crippen molar-refractivity contribution < 1.29 is 31.8 Å². The Morgan fingerprint density at radius 1 is 1.03 bits per heavy atom. The lowest BCUT2D eigenvalue weighted by Crippen LogP contribution is -2.17. The van der Waals surface area contributed by atoms with Crippen molar-refractivity contribution in [1.29, 1.82) is 0 Å². The van der Waals surface area contributed by atoms with Crippen LogP contribution in [-0.4, -0.2) is 32.2 Å². The summed E-state index contributed by atoms with van der Waals surface area (Å²) in [6.45, 7) is 1.88. The van der Waals surface area contributed by atoms with Crippen LogP contribution in [0.2, 0.25) is 0 Å². The number of amides is 1. The van der Waals surface area contributed by atoms with Crippen LogP contribution in [0, 0.1) is 5.82 Å². The number of carbonyl (C=O) groups is 1. The van der Waals surface area contributed by atoms with Crippen LogP contribution in [0.3, 0.4) is 0 Å². The molecule has 0 bridgehead atoms. The summed E-state index contributed by atoms with van der Waals surface area (Å²) in [6, 6.07) is 11.4. The van der Waals surface area contributed by atoms with E-state index in [0.717, 1.165) is 24.3 Å². The number of aromatic nitrogens is 4. The van der Waals surface area contributed by atoms with Crippen LogP contribution in [0.1, 0.15) is 23.1 Å². The SMILES string of the molecule is CCc1ncnc(-c2cccnc2Oc2cc(C(=O)Nc3cccc(OC(F)(F)F)c3)ccc2F)n1. The number of pyridine rings is 1. The molecule has 0 aliphatic heterocycles. The number of carbonyl (C=O) groups excluding carboxylic acids is 1. The fourth-order valence-electron chi connectivity index (χ4n) is 3.07. The quantitative estimate of drug-likeness (QED) is 0.332. The van der Waals surface area contributed by atoms with E-state index in [0.29, 0.717) is 17.8 Å². The Labute approximate surface area is 202 Å². The number of nitrogens with zero attached hydrogens (tertiary/aromatic N) is 4. The molecule has 184 valence electrons. The number of halogens is 4. The van der Waals surface area contributed by atoms with Crippen LogP contribution < -0.4 is 14.8 Å². The van der Waals surface area contributed by atoms with E-state index >= 15 is 0 Å². The zero-order valence-corrected chi connectivity index (χ0v) is 18.6. The highest BCUT2D eigenvalue weighted by molar-refractivity contribution is 6.04. The van der Waals surface area contributed by atoms with Gasteiger partial charge in [-0.15, -0.1) is 13.2 Å². The number of nitrogens with one attached hydrogen (secondary N) is 1. The van der Waals surface area contributed by atoms with Gasteiger partial charge < -0.3 is 14.8 Å². The Morgan fingerprint density at radius 3 is 2.64 bits per heavy atom. The minimum Gasteiger partial charge on any atom is -0.435 e. The van der Waals surface area contributed by atoms with Crippen molar-refractivity contribution in [2.75, 3.05) is 5.32 Å². The lowest BCUT2D eigenvalue weighted by Gasteiger charge is -2.12. The Balaban J connectivity index is 1.57. The van der Waals surface area contributed by atoms with Crippen molar-refractivity contribution in [2.24, 2.45) is 0 Å². The van der Waals surface area contributed by atoms with Gasteiger partial charge in [-0.05, 0) is 42.5 Å². The standard InChI is InChI=1S/C24H17F4N5O3/c1-2-20-30-13-31-21(33-20)17-7-4-10-29-23(17)35-19-11-14(8-9-18(19)25)22(34)32-15-5-3-6-16(12-15)36-24(26,27)28/h3-13H,2H2,1H3,(H,32,34). The van der Waals surface area contributed by atoms with Crippen LogP contribution in [0.15, 0.2) is 67.1 Å². The number of aryl methyl sites for hydroxylation is 1. The van der Waals surface area contributed by atoms with E-state index in [1.807, 2.05) is 6.92 Å². The molecule has 1 N–H and O–H groups in total. The number of hydrogen-bond acceptors (Lipinski definition) is 7. The predicted octanol–water partition coefficient (Wildman–Crippen LogP) is 5.58. The molecule has 4 aromatic rings. The lowest BCUT2D eigenvalue weighted by molar-refractivity contribution is -0.274. The van der Waals surface area contributed by atoms with Crippen LogP contribution in [0.5, 0.6) is 17.4 Å². The minimum atomic E-state index is -4.88. The van der Waals surface area contributed by atoms with Crippen molar-refractivity contribution in [3.05, 3.63) is 84.3 Å². The van der Waals surface area contributed by atoms with Crippen LogP contribution in [-0.2, 0) is 6.42 Å². The third kappa shape index (κ3) is 6.09. The highest BCUT2D eigenvalue weighted by atomic mass is 19.4. The first-order chi connectivity index (χ1) is 17.2. The minimum absolute atomic E-state index is 0.000730. The summed E-state index contributed by atoms with van der Waals surface area (Å²) in [5, 5.41) is 2.44. The maximum atomic E-state index is 14.6. The van der Waals surface area contributed by atoms with Gasteiger partial charge in [-0.1, -0.05) is 13.0 Å². The molecule has 0 spiro atoms. The molecule has 0 saturated carbocycles. The Kier molecular flexibility index (Phi) is 7.04. The second-order valence-corrected chi connectivity index (χ2v) is 7.21. The average molecular weight is 499 g/mol. The van der Waals surface area contributed by atoms with E-state index in [-0.39, 0.29) is 28.7 Å². The first-order valence-corrected chi connectivity index (χ1v) is 10.5. The summed E-state index contributed by atoms with van der Waals surface area (Å²) in [7, 11) is 0. The van der Waals surface area contributed by atoms with Gasteiger partial charge in [-0.25, -0.2) is 24.3 Å². The summed E-state index contributed by atoms with van der Waals surface area (Å²) < 4.78 is 61.5. The molecule has 0 atom stereocenters. The van der Waals surface area contributed by atoms with E-state index < -0.39 is 23.8 Å². The van der Waals surface area contributed by atoms with Crippen LogP contribution >= 0.6 is 0 Å². The molecule has 12 heteroatoms. The van der Waals surface area contributed by atoms with Gasteiger partial charge in [-0.2, -0.15) is 0 Å². The lowest BCUT2D eigenvalue weighted by atomic mass is 10.2. The maximum absolute atomic E-state index is 14.6. The summed E-state index contributed by atoms with van der Waals surface area (Å²) in [5.41, 5.74) is 0.409. The fourth-order valence-corrected chi connectivity index (χ4v) is 3.07. The van der Waals surface area contributed by atoms with Gasteiger partial charge in [0.15, 0.2) is 17.4 Å². The van der Waals surface area contributed by atoms with Crippen molar-refractivity contribution in [1.82, 2.24) is 19.9 Å². The molecule has 0 saturated heterocycles. The van der Waals surface area contributed by atoms with E-state index in [1.165, 1.54) is 30.7 Å². The molecule has 8 nitrogen and oxygen atoms in total. The molecule has 2 aromatic carbocycles. The molecule has 1 amide bonds. The molecule has 2 heterocycles. The smallest absolute Gasteiger partial charge is 0.435 e. The highest BCUT2D eigenvalue weighted by Crippen LogP contribution is 2.31. The molecular weight excluding hydrogens is 482 g/mol. The van der Waals surface area contributed by atoms with Gasteiger partial charge in [0.25, 0.3) is 5.91 Å². The molecule has 0 radical (unpaired) electrons. The van der Waals surface area contributed by atoms with Crippen molar-refractivity contribution in [3.63, 3.8) is 0 Å². The number of ether oxygens (including phenoxy) is 2. The number of rotatable bonds is 7. The molecule has 36 heavy (non-hydrogen) atoms. The monoisotopic (exact) mass is 499 g/mol. The second-order valence-electron chi connectivity index (χ2n) is 7.21.